The van der Waals surface area contributed by atoms with E-state index in [9.17, 15) is 13.2 Å². The zero-order chi connectivity index (χ0) is 12.9. The number of carboxylic acids is 1. The third-order valence-electron chi connectivity index (χ3n) is 1.95. The quantitative estimate of drug-likeness (QED) is 0.660. The third-order valence-corrected chi connectivity index (χ3v) is 2.98. The van der Waals surface area contributed by atoms with E-state index >= 15 is 0 Å². The Balaban J connectivity index is 2.24. The van der Waals surface area contributed by atoms with Crippen molar-refractivity contribution >= 4 is 15.8 Å². The molecular weight excluding hydrogens is 248 g/mol. The Labute approximate surface area is 98.7 Å². The molecule has 0 fully saturated rings. The molecule has 17 heavy (non-hydrogen) atoms. The number of sulfone groups is 1. The second-order valence-electron chi connectivity index (χ2n) is 3.64. The molecule has 0 aliphatic carbocycles. The highest BCUT2D eigenvalue weighted by atomic mass is 32.2. The van der Waals surface area contributed by atoms with E-state index in [1.165, 1.54) is 12.3 Å². The van der Waals surface area contributed by atoms with Crippen LogP contribution < -0.4 is 5.32 Å². The van der Waals surface area contributed by atoms with Gasteiger partial charge in [-0.05, 0) is 13.0 Å². The smallest absolute Gasteiger partial charge is 0.358 e. The zero-order valence-corrected chi connectivity index (χ0v) is 10.2. The first kappa shape index (κ1) is 13.7. The van der Waals surface area contributed by atoms with E-state index in [2.05, 4.69) is 10.5 Å². The fourth-order valence-electron chi connectivity index (χ4n) is 1.17. The maximum absolute atomic E-state index is 10.8. The molecule has 7 nitrogen and oxygen atoms in total. The van der Waals surface area contributed by atoms with Crippen molar-refractivity contribution in [3.05, 3.63) is 17.5 Å². The van der Waals surface area contributed by atoms with Crippen LogP contribution in [-0.4, -0.2) is 43.2 Å². The van der Waals surface area contributed by atoms with E-state index in [1.54, 1.807) is 0 Å². The summed E-state index contributed by atoms with van der Waals surface area (Å²) >= 11 is 0. The van der Waals surface area contributed by atoms with Crippen molar-refractivity contribution in [1.29, 1.82) is 0 Å². The molecule has 8 heteroatoms. The van der Waals surface area contributed by atoms with Crippen molar-refractivity contribution < 1.29 is 22.8 Å². The Morgan fingerprint density at radius 1 is 1.59 bits per heavy atom. The van der Waals surface area contributed by atoms with Crippen molar-refractivity contribution in [2.75, 3.05) is 18.6 Å². The monoisotopic (exact) mass is 262 g/mol. The molecular formula is C9H14N2O5S. The highest BCUT2D eigenvalue weighted by Crippen LogP contribution is 2.02. The van der Waals surface area contributed by atoms with Gasteiger partial charge in [-0.1, -0.05) is 5.16 Å². The molecule has 0 aromatic carbocycles. The number of carboxylic acid groups (broad SMARTS) is 1. The van der Waals surface area contributed by atoms with E-state index < -0.39 is 15.8 Å². The first-order valence-corrected chi connectivity index (χ1v) is 7.02. The first-order valence-electron chi connectivity index (χ1n) is 4.96. The van der Waals surface area contributed by atoms with Crippen molar-refractivity contribution in [3.8, 4) is 0 Å². The van der Waals surface area contributed by atoms with E-state index in [0.29, 0.717) is 25.3 Å². The van der Waals surface area contributed by atoms with Gasteiger partial charge in [0.2, 0.25) is 0 Å². The average molecular weight is 262 g/mol. The number of carbonyl (C=O) groups is 1. The molecule has 1 aromatic heterocycles. The van der Waals surface area contributed by atoms with Crippen LogP contribution in [0.25, 0.3) is 0 Å². The van der Waals surface area contributed by atoms with Crippen LogP contribution in [0.2, 0.25) is 0 Å². The maximum atomic E-state index is 10.8. The molecule has 1 rings (SSSR count). The lowest BCUT2D eigenvalue weighted by atomic mass is 10.3. The maximum Gasteiger partial charge on any atom is 0.358 e. The fourth-order valence-corrected chi connectivity index (χ4v) is 1.84. The molecule has 96 valence electrons. The number of nitrogens with one attached hydrogen (secondary N) is 1. The Hall–Kier alpha value is -1.41. The van der Waals surface area contributed by atoms with Gasteiger partial charge in [0.05, 0.1) is 12.3 Å². The van der Waals surface area contributed by atoms with Gasteiger partial charge in [-0.25, -0.2) is 13.2 Å². The van der Waals surface area contributed by atoms with Gasteiger partial charge in [-0.2, -0.15) is 0 Å². The second-order valence-corrected chi connectivity index (χ2v) is 5.90. The summed E-state index contributed by atoms with van der Waals surface area (Å²) in [6.07, 6.45) is 1.68. The van der Waals surface area contributed by atoms with Gasteiger partial charge in [0.1, 0.15) is 9.84 Å². The van der Waals surface area contributed by atoms with Gasteiger partial charge >= 0.3 is 5.97 Å². The predicted molar refractivity (Wildman–Crippen MR) is 59.5 cm³/mol. The molecule has 0 bridgehead atoms. The highest BCUT2D eigenvalue weighted by molar-refractivity contribution is 7.90. The molecule has 1 aromatic rings. The zero-order valence-electron chi connectivity index (χ0n) is 9.34. The minimum atomic E-state index is -2.93. The summed E-state index contributed by atoms with van der Waals surface area (Å²) in [7, 11) is -2.93. The van der Waals surface area contributed by atoms with Crippen molar-refractivity contribution in [2.24, 2.45) is 0 Å². The predicted octanol–water partition coefficient (Wildman–Crippen LogP) is -0.103. The molecule has 0 aliphatic heterocycles. The number of hydrogen-bond donors (Lipinski definition) is 2. The molecule has 0 spiro atoms. The van der Waals surface area contributed by atoms with Crippen LogP contribution in [0.15, 0.2) is 10.6 Å². The van der Waals surface area contributed by atoms with Crippen LogP contribution in [0.1, 0.15) is 22.7 Å². The van der Waals surface area contributed by atoms with E-state index in [1.807, 2.05) is 0 Å². The van der Waals surface area contributed by atoms with Gasteiger partial charge in [0, 0.05) is 12.3 Å². The number of aromatic nitrogens is 1. The number of aromatic carboxylic acids is 1. The van der Waals surface area contributed by atoms with Gasteiger partial charge in [-0.15, -0.1) is 0 Å². The van der Waals surface area contributed by atoms with Crippen LogP contribution in [0.3, 0.4) is 0 Å². The normalized spacial score (nSPS) is 11.6. The molecule has 0 radical (unpaired) electrons. The molecule has 0 saturated carbocycles. The molecule has 2 N–H and O–H groups in total. The Bertz CT molecular complexity index is 479. The molecule has 0 atom stereocenters. The summed E-state index contributed by atoms with van der Waals surface area (Å²) in [6, 6.07) is 1.33. The summed E-state index contributed by atoms with van der Waals surface area (Å²) in [4.78, 5) is 10.5. The summed E-state index contributed by atoms with van der Waals surface area (Å²) < 4.78 is 26.4. The number of nitrogens with zero attached hydrogens (tertiary/aromatic N) is 1. The van der Waals surface area contributed by atoms with Crippen molar-refractivity contribution in [1.82, 2.24) is 10.5 Å². The Kier molecular flexibility index (Phi) is 4.64. The van der Waals surface area contributed by atoms with Gasteiger partial charge in [0.15, 0.2) is 11.5 Å². The fraction of sp³-hybridized carbons (Fsp3) is 0.556. The Morgan fingerprint density at radius 2 is 2.29 bits per heavy atom. The molecule has 0 unspecified atom stereocenters. The van der Waals surface area contributed by atoms with Gasteiger partial charge in [-0.3, -0.25) is 0 Å². The number of rotatable bonds is 7. The molecule has 0 aliphatic rings. The molecule has 0 saturated heterocycles. The van der Waals surface area contributed by atoms with Crippen LogP contribution in [0.5, 0.6) is 0 Å². The lowest BCUT2D eigenvalue weighted by Crippen LogP contribution is -2.17. The second kappa shape index (κ2) is 5.78. The summed E-state index contributed by atoms with van der Waals surface area (Å²) in [6.45, 7) is 0.834. The SMILES string of the molecule is CS(=O)(=O)CCCNCc1cc(C(=O)O)no1. The van der Waals surface area contributed by atoms with Crippen LogP contribution in [0.4, 0.5) is 0 Å². The topological polar surface area (TPSA) is 110 Å². The van der Waals surface area contributed by atoms with Crippen LogP contribution >= 0.6 is 0 Å². The lowest BCUT2D eigenvalue weighted by Gasteiger charge is -2.00. The largest absolute Gasteiger partial charge is 0.476 e. The van der Waals surface area contributed by atoms with Crippen molar-refractivity contribution in [2.45, 2.75) is 13.0 Å². The lowest BCUT2D eigenvalue weighted by molar-refractivity contribution is 0.0685. The average Bonchev–Trinajstić information content (AvgIpc) is 2.64. The summed E-state index contributed by atoms with van der Waals surface area (Å²) in [5.74, 6) is -0.615. The van der Waals surface area contributed by atoms with E-state index in [0.717, 1.165) is 0 Å². The molecule has 0 amide bonds. The van der Waals surface area contributed by atoms with Crippen LogP contribution in [-0.2, 0) is 16.4 Å². The van der Waals surface area contributed by atoms with Crippen molar-refractivity contribution in [3.63, 3.8) is 0 Å². The third kappa shape index (κ3) is 5.45. The standard InChI is InChI=1S/C9H14N2O5S/c1-17(14,15)4-2-3-10-6-7-5-8(9(12)13)11-16-7/h5,10H,2-4,6H2,1H3,(H,12,13). The minimum absolute atomic E-state index is 0.122. The van der Waals surface area contributed by atoms with E-state index in [-0.39, 0.29) is 11.4 Å². The summed E-state index contributed by atoms with van der Waals surface area (Å²) in [5.41, 5.74) is -0.141. The minimum Gasteiger partial charge on any atom is -0.476 e. The van der Waals surface area contributed by atoms with Gasteiger partial charge < -0.3 is 14.9 Å². The number of hydrogen-bond acceptors (Lipinski definition) is 6. The highest BCUT2D eigenvalue weighted by Gasteiger charge is 2.10. The van der Waals surface area contributed by atoms with Crippen LogP contribution in [0, 0.1) is 0 Å². The Morgan fingerprint density at radius 3 is 2.82 bits per heavy atom. The molecule has 1 heterocycles. The first-order chi connectivity index (χ1) is 7.88. The summed E-state index contributed by atoms with van der Waals surface area (Å²) in [5, 5.41) is 14.9. The van der Waals surface area contributed by atoms with Gasteiger partial charge in [0.25, 0.3) is 0 Å². The van der Waals surface area contributed by atoms with E-state index in [4.69, 9.17) is 9.63 Å².